The maximum absolute atomic E-state index is 11.0. The number of hydrogen-bond donors (Lipinski definition) is 1. The van der Waals surface area contributed by atoms with Crippen LogP contribution in [0.4, 0.5) is 0 Å². The Morgan fingerprint density at radius 3 is 2.59 bits per heavy atom. The second-order valence-corrected chi connectivity index (χ2v) is 5.92. The van der Waals surface area contributed by atoms with Crippen LogP contribution in [0.15, 0.2) is 24.3 Å². The lowest BCUT2D eigenvalue weighted by atomic mass is 10.1. The Kier molecular flexibility index (Phi) is 6.72. The second-order valence-electron chi connectivity index (χ2n) is 5.92. The summed E-state index contributed by atoms with van der Waals surface area (Å²) in [5.41, 5.74) is 6.18. The molecular formula is C18H27NO3. The molecular weight excluding hydrogens is 278 g/mol. The molecule has 0 spiro atoms. The van der Waals surface area contributed by atoms with E-state index in [9.17, 15) is 4.79 Å². The maximum Gasteiger partial charge on any atom is 0.249 e. The Labute approximate surface area is 133 Å². The molecule has 122 valence electrons. The Morgan fingerprint density at radius 1 is 1.18 bits per heavy atom. The Morgan fingerprint density at radius 2 is 1.91 bits per heavy atom. The lowest BCUT2D eigenvalue weighted by Gasteiger charge is -2.07. The number of ether oxygens (including phenoxy) is 2. The van der Waals surface area contributed by atoms with Crippen molar-refractivity contribution in [2.45, 2.75) is 64.1 Å². The third kappa shape index (κ3) is 5.34. The van der Waals surface area contributed by atoms with Gasteiger partial charge in [-0.1, -0.05) is 57.6 Å². The molecule has 1 aliphatic rings. The average molecular weight is 305 g/mol. The summed E-state index contributed by atoms with van der Waals surface area (Å²) >= 11 is 0. The van der Waals surface area contributed by atoms with E-state index in [1.165, 1.54) is 38.5 Å². The summed E-state index contributed by atoms with van der Waals surface area (Å²) in [6.07, 6.45) is 8.25. The predicted molar refractivity (Wildman–Crippen MR) is 86.7 cm³/mol. The van der Waals surface area contributed by atoms with Crippen LogP contribution in [0.25, 0.3) is 0 Å². The van der Waals surface area contributed by atoms with Crippen molar-refractivity contribution >= 4 is 5.91 Å². The first-order chi connectivity index (χ1) is 10.7. The lowest BCUT2D eigenvalue weighted by Crippen LogP contribution is -2.18. The zero-order valence-corrected chi connectivity index (χ0v) is 13.4. The molecule has 2 rings (SSSR count). The van der Waals surface area contributed by atoms with Crippen LogP contribution in [0, 0.1) is 0 Å². The molecule has 1 aromatic carbocycles. The molecule has 0 bridgehead atoms. The van der Waals surface area contributed by atoms with Crippen LogP contribution in [0.5, 0.6) is 5.75 Å². The minimum Gasteiger partial charge on any atom is -0.494 e. The van der Waals surface area contributed by atoms with E-state index in [2.05, 4.69) is 6.92 Å². The number of amides is 1. The van der Waals surface area contributed by atoms with Gasteiger partial charge in [0.15, 0.2) is 6.10 Å². The summed E-state index contributed by atoms with van der Waals surface area (Å²) in [5.74, 6) is 0.432. The fourth-order valence-electron chi connectivity index (χ4n) is 2.61. The minimum atomic E-state index is -0.474. The normalized spacial score (nSPS) is 19.9. The van der Waals surface area contributed by atoms with E-state index < -0.39 is 12.0 Å². The number of hydrogen-bond acceptors (Lipinski definition) is 3. The van der Waals surface area contributed by atoms with Gasteiger partial charge in [-0.25, -0.2) is 0 Å². The van der Waals surface area contributed by atoms with Crippen molar-refractivity contribution in [1.82, 2.24) is 0 Å². The summed E-state index contributed by atoms with van der Waals surface area (Å²) < 4.78 is 11.1. The molecule has 0 aliphatic carbocycles. The molecule has 0 aromatic heterocycles. The molecule has 22 heavy (non-hydrogen) atoms. The van der Waals surface area contributed by atoms with Gasteiger partial charge in [0.1, 0.15) is 11.9 Å². The molecule has 1 aromatic rings. The SMILES string of the molecule is CCCCCCCCCOc1cccc([C@@H]2O[C@H]2C(N)=O)c1. The fourth-order valence-corrected chi connectivity index (χ4v) is 2.61. The van der Waals surface area contributed by atoms with Crippen LogP contribution in [0.1, 0.15) is 63.5 Å². The van der Waals surface area contributed by atoms with Gasteiger partial charge in [0.25, 0.3) is 0 Å². The topological polar surface area (TPSA) is 64.8 Å². The summed E-state index contributed by atoms with van der Waals surface area (Å²) in [6, 6.07) is 7.74. The smallest absolute Gasteiger partial charge is 0.249 e. The first-order valence-electron chi connectivity index (χ1n) is 8.40. The van der Waals surface area contributed by atoms with Gasteiger partial charge in [0, 0.05) is 0 Å². The molecule has 2 atom stereocenters. The molecule has 2 N–H and O–H groups in total. The number of rotatable bonds is 11. The lowest BCUT2D eigenvalue weighted by molar-refractivity contribution is -0.119. The van der Waals surface area contributed by atoms with Crippen molar-refractivity contribution in [2.24, 2.45) is 5.73 Å². The number of nitrogens with two attached hydrogens (primary N) is 1. The van der Waals surface area contributed by atoms with Crippen LogP contribution in [0.2, 0.25) is 0 Å². The van der Waals surface area contributed by atoms with Crippen molar-refractivity contribution in [2.75, 3.05) is 6.61 Å². The van der Waals surface area contributed by atoms with Crippen molar-refractivity contribution in [3.05, 3.63) is 29.8 Å². The van der Waals surface area contributed by atoms with E-state index in [1.807, 2.05) is 24.3 Å². The number of epoxide rings is 1. The monoisotopic (exact) mass is 305 g/mol. The van der Waals surface area contributed by atoms with E-state index in [0.29, 0.717) is 0 Å². The largest absolute Gasteiger partial charge is 0.494 e. The number of carbonyl (C=O) groups is 1. The highest BCUT2D eigenvalue weighted by Crippen LogP contribution is 2.39. The highest BCUT2D eigenvalue weighted by molar-refractivity contribution is 5.82. The van der Waals surface area contributed by atoms with Crippen molar-refractivity contribution < 1.29 is 14.3 Å². The van der Waals surface area contributed by atoms with Gasteiger partial charge in [-0.2, -0.15) is 0 Å². The minimum absolute atomic E-state index is 0.195. The molecule has 0 saturated carbocycles. The van der Waals surface area contributed by atoms with Crippen molar-refractivity contribution in [1.29, 1.82) is 0 Å². The van der Waals surface area contributed by atoms with E-state index in [0.717, 1.165) is 24.3 Å². The molecule has 1 aliphatic heterocycles. The molecule has 1 heterocycles. The Balaban J connectivity index is 1.63. The average Bonchev–Trinajstić information content (AvgIpc) is 3.31. The molecule has 0 unspecified atom stereocenters. The predicted octanol–water partition coefficient (Wildman–Crippen LogP) is 3.74. The van der Waals surface area contributed by atoms with Crippen LogP contribution < -0.4 is 10.5 Å². The molecule has 1 fully saturated rings. The van der Waals surface area contributed by atoms with E-state index in [-0.39, 0.29) is 6.10 Å². The standard InChI is InChI=1S/C18H27NO3/c1-2-3-4-5-6-7-8-12-21-15-11-9-10-14(13-15)16-17(22-16)18(19)20/h9-11,13,16-17H,2-8,12H2,1H3,(H2,19,20)/t16-,17+/m0/s1. The number of primary amides is 1. The number of benzene rings is 1. The van der Waals surface area contributed by atoms with Gasteiger partial charge >= 0.3 is 0 Å². The number of unbranched alkanes of at least 4 members (excludes halogenated alkanes) is 6. The van der Waals surface area contributed by atoms with Gasteiger partial charge in [-0.15, -0.1) is 0 Å². The van der Waals surface area contributed by atoms with Gasteiger partial charge < -0.3 is 15.2 Å². The third-order valence-corrected chi connectivity index (χ3v) is 3.98. The van der Waals surface area contributed by atoms with Crippen LogP contribution in [0.3, 0.4) is 0 Å². The van der Waals surface area contributed by atoms with Crippen molar-refractivity contribution in [3.63, 3.8) is 0 Å². The van der Waals surface area contributed by atoms with Gasteiger partial charge in [-0.05, 0) is 24.1 Å². The first-order valence-corrected chi connectivity index (χ1v) is 8.40. The van der Waals surface area contributed by atoms with Gasteiger partial charge in [-0.3, -0.25) is 4.79 Å². The third-order valence-electron chi connectivity index (χ3n) is 3.98. The van der Waals surface area contributed by atoms with Gasteiger partial charge in [0.05, 0.1) is 6.61 Å². The first kappa shape index (κ1) is 16.8. The van der Waals surface area contributed by atoms with Crippen LogP contribution in [-0.2, 0) is 9.53 Å². The molecule has 0 radical (unpaired) electrons. The van der Waals surface area contributed by atoms with Crippen LogP contribution >= 0.6 is 0 Å². The summed E-state index contributed by atoms with van der Waals surface area (Å²) in [7, 11) is 0. The molecule has 1 saturated heterocycles. The van der Waals surface area contributed by atoms with E-state index in [4.69, 9.17) is 15.2 Å². The zero-order chi connectivity index (χ0) is 15.8. The maximum atomic E-state index is 11.0. The highest BCUT2D eigenvalue weighted by Gasteiger charge is 2.44. The van der Waals surface area contributed by atoms with Gasteiger partial charge in [0.2, 0.25) is 5.91 Å². The molecule has 1 amide bonds. The second kappa shape index (κ2) is 8.79. The summed E-state index contributed by atoms with van der Waals surface area (Å²) in [5, 5.41) is 0. The molecule has 4 heteroatoms. The fraction of sp³-hybridized carbons (Fsp3) is 0.611. The van der Waals surface area contributed by atoms with E-state index >= 15 is 0 Å². The zero-order valence-electron chi connectivity index (χ0n) is 13.4. The summed E-state index contributed by atoms with van der Waals surface area (Å²) in [4.78, 5) is 11.0. The Bertz CT molecular complexity index is 475. The molecule has 4 nitrogen and oxygen atoms in total. The van der Waals surface area contributed by atoms with E-state index in [1.54, 1.807) is 0 Å². The Hall–Kier alpha value is -1.55. The quantitative estimate of drug-likeness (QED) is 0.500. The summed E-state index contributed by atoms with van der Waals surface area (Å²) in [6.45, 7) is 2.97. The number of carbonyl (C=O) groups excluding carboxylic acids is 1. The highest BCUT2D eigenvalue weighted by atomic mass is 16.6. The van der Waals surface area contributed by atoms with Crippen LogP contribution in [-0.4, -0.2) is 18.6 Å². The van der Waals surface area contributed by atoms with Crippen molar-refractivity contribution in [3.8, 4) is 5.75 Å².